The second kappa shape index (κ2) is 7.72. The summed E-state index contributed by atoms with van der Waals surface area (Å²) in [6.07, 6.45) is 5.61. The Balaban J connectivity index is 1.43. The fourth-order valence-electron chi connectivity index (χ4n) is 4.69. The van der Waals surface area contributed by atoms with E-state index >= 15 is 0 Å². The number of piperidine rings is 1. The Labute approximate surface area is 181 Å². The highest BCUT2D eigenvalue weighted by Crippen LogP contribution is 2.42. The van der Waals surface area contributed by atoms with E-state index in [0.29, 0.717) is 26.2 Å². The smallest absolute Gasteiger partial charge is 0.282 e. The summed E-state index contributed by atoms with van der Waals surface area (Å²) in [4.78, 5) is 8.08. The number of benzene rings is 1. The van der Waals surface area contributed by atoms with Crippen molar-refractivity contribution in [2.24, 2.45) is 0 Å². The van der Waals surface area contributed by atoms with Crippen LogP contribution in [0, 0.1) is 0 Å². The molecule has 9 heteroatoms. The molecule has 1 aromatic carbocycles. The van der Waals surface area contributed by atoms with Crippen molar-refractivity contribution in [2.75, 3.05) is 46.3 Å². The maximum Gasteiger partial charge on any atom is 0.282 e. The number of imidazole rings is 1. The lowest BCUT2D eigenvalue weighted by atomic mass is 9.71. The normalized spacial score (nSPS) is 21.9. The minimum Gasteiger partial charge on any atom is -0.304 e. The molecular formula is C21H27N5O2S2. The van der Waals surface area contributed by atoms with Crippen molar-refractivity contribution in [3.8, 4) is 0 Å². The molecule has 5 rings (SSSR count). The molecular weight excluding hydrogens is 418 g/mol. The van der Waals surface area contributed by atoms with Gasteiger partial charge in [-0.1, -0.05) is 30.3 Å². The lowest BCUT2D eigenvalue weighted by molar-refractivity contribution is 0.198. The van der Waals surface area contributed by atoms with Gasteiger partial charge < -0.3 is 4.90 Å². The number of rotatable bonds is 4. The van der Waals surface area contributed by atoms with Crippen molar-refractivity contribution in [1.82, 2.24) is 22.9 Å². The molecule has 30 heavy (non-hydrogen) atoms. The van der Waals surface area contributed by atoms with E-state index in [1.807, 2.05) is 24.7 Å². The van der Waals surface area contributed by atoms with Gasteiger partial charge in [0.1, 0.15) is 0 Å². The summed E-state index contributed by atoms with van der Waals surface area (Å²) in [6.45, 7) is 3.72. The first-order valence-corrected chi connectivity index (χ1v) is 12.7. The molecule has 4 heterocycles. The summed E-state index contributed by atoms with van der Waals surface area (Å²) in [5.74, 6) is 0. The zero-order chi connectivity index (χ0) is 20.8. The average Bonchev–Trinajstić information content (AvgIpc) is 3.37. The first kappa shape index (κ1) is 20.1. The van der Waals surface area contributed by atoms with E-state index in [9.17, 15) is 8.42 Å². The number of thiazole rings is 1. The van der Waals surface area contributed by atoms with Gasteiger partial charge in [-0.2, -0.15) is 17.0 Å². The van der Waals surface area contributed by atoms with Crippen LogP contribution in [0.1, 0.15) is 24.1 Å². The third-order valence-electron chi connectivity index (χ3n) is 6.60. The molecule has 7 nitrogen and oxygen atoms in total. The third-order valence-corrected chi connectivity index (χ3v) is 9.41. The Morgan fingerprint density at radius 3 is 2.30 bits per heavy atom. The Bertz CT molecular complexity index is 1080. The largest absolute Gasteiger partial charge is 0.304 e. The van der Waals surface area contributed by atoms with E-state index in [1.165, 1.54) is 5.56 Å². The summed E-state index contributed by atoms with van der Waals surface area (Å²) in [7, 11) is -1.38. The summed E-state index contributed by atoms with van der Waals surface area (Å²) in [5, 5.41) is 2.03. The number of hydrogen-bond donors (Lipinski definition) is 0. The van der Waals surface area contributed by atoms with E-state index in [1.54, 1.807) is 19.9 Å². The van der Waals surface area contributed by atoms with Crippen LogP contribution in [0.2, 0.25) is 0 Å². The molecule has 0 radical (unpaired) electrons. The van der Waals surface area contributed by atoms with Gasteiger partial charge in [0, 0.05) is 62.5 Å². The zero-order valence-corrected chi connectivity index (χ0v) is 18.8. The molecule has 0 spiro atoms. The van der Waals surface area contributed by atoms with Crippen LogP contribution in [0.5, 0.6) is 0 Å². The zero-order valence-electron chi connectivity index (χ0n) is 17.1. The van der Waals surface area contributed by atoms with Crippen LogP contribution in [0.15, 0.2) is 48.1 Å². The van der Waals surface area contributed by atoms with E-state index in [2.05, 4.69) is 39.8 Å². The van der Waals surface area contributed by atoms with Crippen LogP contribution in [0.25, 0.3) is 4.96 Å². The number of aromatic nitrogens is 2. The molecule has 0 saturated carbocycles. The van der Waals surface area contributed by atoms with Gasteiger partial charge in [0.15, 0.2) is 4.96 Å². The van der Waals surface area contributed by atoms with Gasteiger partial charge in [0.2, 0.25) is 0 Å². The van der Waals surface area contributed by atoms with E-state index in [0.717, 1.165) is 36.6 Å². The van der Waals surface area contributed by atoms with Crippen molar-refractivity contribution in [3.63, 3.8) is 0 Å². The van der Waals surface area contributed by atoms with Crippen LogP contribution >= 0.6 is 11.3 Å². The van der Waals surface area contributed by atoms with Crippen molar-refractivity contribution in [3.05, 3.63) is 59.4 Å². The molecule has 0 unspecified atom stereocenters. The first-order chi connectivity index (χ1) is 14.5. The molecule has 0 atom stereocenters. The second-order valence-corrected chi connectivity index (χ2v) is 11.1. The molecule has 2 saturated heterocycles. The standard InChI is InChI=1S/C21H27N5O2S2/c1-23-11-13-26(14-12-23)30(27,28)25-9-7-21(8-10-25,18-5-3-2-4-6-18)19-17-24-15-16-29-20(24)22-19/h2-6,15-17H,7-14H2,1H3. The number of nitrogens with zero attached hydrogens (tertiary/aromatic N) is 5. The quantitative estimate of drug-likeness (QED) is 0.618. The summed E-state index contributed by atoms with van der Waals surface area (Å²) in [6, 6.07) is 10.4. The highest BCUT2D eigenvalue weighted by Gasteiger charge is 2.43. The van der Waals surface area contributed by atoms with Gasteiger partial charge in [-0.25, -0.2) is 4.98 Å². The summed E-state index contributed by atoms with van der Waals surface area (Å²) in [5.41, 5.74) is 1.99. The molecule has 0 aliphatic carbocycles. The average molecular weight is 446 g/mol. The third kappa shape index (κ3) is 3.38. The van der Waals surface area contributed by atoms with Crippen LogP contribution in [0.3, 0.4) is 0 Å². The molecule has 160 valence electrons. The monoisotopic (exact) mass is 445 g/mol. The van der Waals surface area contributed by atoms with Crippen molar-refractivity contribution in [1.29, 1.82) is 0 Å². The summed E-state index contributed by atoms with van der Waals surface area (Å²) >= 11 is 1.62. The molecule has 2 aromatic heterocycles. The number of likely N-dealkylation sites (N-methyl/N-ethyl adjacent to an activating group) is 1. The number of piperazine rings is 1. The minimum absolute atomic E-state index is 0.263. The number of fused-ring (bicyclic) bond motifs is 1. The molecule has 2 fully saturated rings. The highest BCUT2D eigenvalue weighted by molar-refractivity contribution is 7.86. The van der Waals surface area contributed by atoms with Crippen LogP contribution in [-0.4, -0.2) is 77.6 Å². The van der Waals surface area contributed by atoms with Gasteiger partial charge >= 0.3 is 0 Å². The van der Waals surface area contributed by atoms with E-state index in [4.69, 9.17) is 4.98 Å². The number of hydrogen-bond acceptors (Lipinski definition) is 5. The maximum atomic E-state index is 13.2. The van der Waals surface area contributed by atoms with Crippen molar-refractivity contribution < 1.29 is 8.42 Å². The minimum atomic E-state index is -3.42. The van der Waals surface area contributed by atoms with Gasteiger partial charge in [-0.3, -0.25) is 4.40 Å². The van der Waals surface area contributed by atoms with E-state index < -0.39 is 10.2 Å². The van der Waals surface area contributed by atoms with Crippen LogP contribution in [-0.2, 0) is 15.6 Å². The lowest BCUT2D eigenvalue weighted by Crippen LogP contribution is -2.55. The highest BCUT2D eigenvalue weighted by atomic mass is 32.2. The topological polar surface area (TPSA) is 61.2 Å². The fourth-order valence-corrected chi connectivity index (χ4v) is 6.98. The fraction of sp³-hybridized carbons (Fsp3) is 0.476. The van der Waals surface area contributed by atoms with Crippen LogP contribution in [0.4, 0.5) is 0 Å². The second-order valence-electron chi connectivity index (χ2n) is 8.28. The van der Waals surface area contributed by atoms with Gasteiger partial charge in [-0.15, -0.1) is 11.3 Å². The Hall–Kier alpha value is -1.78. The Kier molecular flexibility index (Phi) is 5.19. The Morgan fingerprint density at radius 1 is 0.967 bits per heavy atom. The van der Waals surface area contributed by atoms with Gasteiger partial charge in [0.05, 0.1) is 5.69 Å². The predicted octanol–water partition coefficient (Wildman–Crippen LogP) is 2.27. The molecule has 0 N–H and O–H groups in total. The van der Waals surface area contributed by atoms with Crippen LogP contribution < -0.4 is 0 Å². The van der Waals surface area contributed by atoms with Crippen molar-refractivity contribution in [2.45, 2.75) is 18.3 Å². The maximum absolute atomic E-state index is 13.2. The van der Waals surface area contributed by atoms with Gasteiger partial charge in [0.25, 0.3) is 10.2 Å². The predicted molar refractivity (Wildman–Crippen MR) is 119 cm³/mol. The SMILES string of the molecule is CN1CCN(S(=O)(=O)N2CCC(c3ccccc3)(c3cn4ccsc4n3)CC2)CC1. The van der Waals surface area contributed by atoms with Gasteiger partial charge in [-0.05, 0) is 25.5 Å². The molecule has 2 aliphatic rings. The lowest BCUT2D eigenvalue weighted by Gasteiger charge is -2.43. The Morgan fingerprint density at radius 2 is 1.63 bits per heavy atom. The van der Waals surface area contributed by atoms with E-state index in [-0.39, 0.29) is 5.41 Å². The van der Waals surface area contributed by atoms with Crippen molar-refractivity contribution >= 4 is 26.5 Å². The summed E-state index contributed by atoms with van der Waals surface area (Å²) < 4.78 is 31.9. The first-order valence-electron chi connectivity index (χ1n) is 10.4. The molecule has 2 aliphatic heterocycles. The molecule has 3 aromatic rings. The molecule has 0 bridgehead atoms. The molecule has 0 amide bonds.